The van der Waals surface area contributed by atoms with Crippen molar-refractivity contribution in [2.24, 2.45) is 0 Å². The monoisotopic (exact) mass is 345 g/mol. The van der Waals surface area contributed by atoms with Gasteiger partial charge >= 0.3 is 0 Å². The van der Waals surface area contributed by atoms with E-state index in [4.69, 9.17) is 11.6 Å². The zero-order valence-corrected chi connectivity index (χ0v) is 14.5. The average molecular weight is 346 g/mol. The van der Waals surface area contributed by atoms with E-state index in [0.717, 1.165) is 43.4 Å². The molecule has 1 saturated heterocycles. The third kappa shape index (κ3) is 5.06. The maximum Gasteiger partial charge on any atom is 0.279 e. The Balaban J connectivity index is 1.41. The van der Waals surface area contributed by atoms with E-state index in [9.17, 15) is 4.79 Å². The van der Waals surface area contributed by atoms with E-state index >= 15 is 0 Å². The van der Waals surface area contributed by atoms with E-state index in [2.05, 4.69) is 17.4 Å². The van der Waals surface area contributed by atoms with Crippen molar-refractivity contribution in [3.05, 3.63) is 65.2 Å². The fourth-order valence-electron chi connectivity index (χ4n) is 3.16. The number of para-hydroxylation sites is 1. The van der Waals surface area contributed by atoms with Gasteiger partial charge in [-0.1, -0.05) is 41.9 Å². The second kappa shape index (κ2) is 8.29. The van der Waals surface area contributed by atoms with E-state index in [0.29, 0.717) is 6.54 Å². The molecule has 0 unspecified atom stereocenters. The molecule has 0 atom stereocenters. The molecule has 1 amide bonds. The molecule has 0 bridgehead atoms. The van der Waals surface area contributed by atoms with E-state index in [-0.39, 0.29) is 5.91 Å². The number of hydrogen-bond donors (Lipinski definition) is 3. The first kappa shape index (κ1) is 17.0. The highest BCUT2D eigenvalue weighted by atomic mass is 35.5. The Morgan fingerprint density at radius 2 is 1.54 bits per heavy atom. The lowest BCUT2D eigenvalue weighted by molar-refractivity contribution is -1.02. The number of quaternary nitrogens is 2. The molecule has 3 N–H and O–H groups in total. The SMILES string of the molecule is O=C(C[NH+]1CC[NH+](Cc2ccc(Cl)cc2)CC1)Nc1ccccc1. The zero-order valence-electron chi connectivity index (χ0n) is 13.7. The first-order valence-corrected chi connectivity index (χ1v) is 8.83. The molecule has 3 rings (SSSR count). The normalized spacial score (nSPS) is 20.5. The number of piperazine rings is 1. The van der Waals surface area contributed by atoms with Crippen LogP contribution in [-0.4, -0.2) is 38.6 Å². The molecule has 126 valence electrons. The quantitative estimate of drug-likeness (QED) is 0.714. The van der Waals surface area contributed by atoms with Crippen molar-refractivity contribution in [1.82, 2.24) is 0 Å². The standard InChI is InChI=1S/C19H22ClN3O/c20-17-8-6-16(7-9-17)14-22-10-12-23(13-11-22)15-19(24)21-18-4-2-1-3-5-18/h1-9H,10-15H2,(H,21,24)/p+2. The molecule has 1 aliphatic heterocycles. The molecule has 0 aliphatic carbocycles. The molecule has 0 radical (unpaired) electrons. The van der Waals surface area contributed by atoms with Gasteiger partial charge in [-0.2, -0.15) is 0 Å². The van der Waals surface area contributed by atoms with Crippen LogP contribution in [0.2, 0.25) is 5.02 Å². The van der Waals surface area contributed by atoms with E-state index in [1.165, 1.54) is 10.5 Å². The number of carbonyl (C=O) groups excluding carboxylic acids is 1. The van der Waals surface area contributed by atoms with Crippen LogP contribution in [0.25, 0.3) is 0 Å². The number of hydrogen-bond acceptors (Lipinski definition) is 1. The van der Waals surface area contributed by atoms with Gasteiger partial charge in [0.25, 0.3) is 5.91 Å². The molecular weight excluding hydrogens is 322 g/mol. The first-order chi connectivity index (χ1) is 11.7. The van der Waals surface area contributed by atoms with Crippen molar-refractivity contribution < 1.29 is 14.6 Å². The Morgan fingerprint density at radius 3 is 2.21 bits per heavy atom. The van der Waals surface area contributed by atoms with Crippen LogP contribution in [-0.2, 0) is 11.3 Å². The molecule has 1 heterocycles. The van der Waals surface area contributed by atoms with Gasteiger partial charge in [-0.25, -0.2) is 0 Å². The number of amides is 1. The Labute approximate surface area is 148 Å². The molecule has 4 nitrogen and oxygen atoms in total. The number of rotatable bonds is 5. The van der Waals surface area contributed by atoms with E-state index in [1.54, 1.807) is 4.90 Å². The van der Waals surface area contributed by atoms with Gasteiger partial charge in [0.15, 0.2) is 6.54 Å². The maximum absolute atomic E-state index is 12.1. The Morgan fingerprint density at radius 1 is 0.917 bits per heavy atom. The number of halogens is 1. The van der Waals surface area contributed by atoms with Crippen LogP contribution in [0.15, 0.2) is 54.6 Å². The average Bonchev–Trinajstić information content (AvgIpc) is 2.59. The van der Waals surface area contributed by atoms with Crippen LogP contribution in [0.3, 0.4) is 0 Å². The van der Waals surface area contributed by atoms with E-state index < -0.39 is 0 Å². The molecule has 0 spiro atoms. The van der Waals surface area contributed by atoms with E-state index in [1.807, 2.05) is 42.5 Å². The fourth-order valence-corrected chi connectivity index (χ4v) is 3.28. The van der Waals surface area contributed by atoms with Gasteiger partial charge in [-0.3, -0.25) is 4.79 Å². The summed E-state index contributed by atoms with van der Waals surface area (Å²) < 4.78 is 0. The predicted molar refractivity (Wildman–Crippen MR) is 96.5 cm³/mol. The molecule has 1 fully saturated rings. The van der Waals surface area contributed by atoms with Crippen molar-refractivity contribution >= 4 is 23.2 Å². The molecule has 0 aromatic heterocycles. The molecule has 24 heavy (non-hydrogen) atoms. The summed E-state index contributed by atoms with van der Waals surface area (Å²) in [6.07, 6.45) is 0. The summed E-state index contributed by atoms with van der Waals surface area (Å²) >= 11 is 5.93. The largest absolute Gasteiger partial charge is 0.322 e. The molecular formula is C19H24ClN3O+2. The Hall–Kier alpha value is -1.88. The van der Waals surface area contributed by atoms with Gasteiger partial charge in [-0.15, -0.1) is 0 Å². The highest BCUT2D eigenvalue weighted by molar-refractivity contribution is 6.30. The number of anilines is 1. The van der Waals surface area contributed by atoms with Crippen molar-refractivity contribution in [2.45, 2.75) is 6.54 Å². The first-order valence-electron chi connectivity index (χ1n) is 8.45. The van der Waals surface area contributed by atoms with Crippen LogP contribution < -0.4 is 15.1 Å². The van der Waals surface area contributed by atoms with Gasteiger partial charge in [0, 0.05) is 16.3 Å². The Bertz CT molecular complexity index is 652. The summed E-state index contributed by atoms with van der Waals surface area (Å²) in [6.45, 7) is 5.83. The topological polar surface area (TPSA) is 38.0 Å². The summed E-state index contributed by atoms with van der Waals surface area (Å²) in [6, 6.07) is 17.7. The van der Waals surface area contributed by atoms with Crippen molar-refractivity contribution in [2.75, 3.05) is 38.0 Å². The van der Waals surface area contributed by atoms with Crippen LogP contribution in [0, 0.1) is 0 Å². The third-order valence-corrected chi connectivity index (χ3v) is 4.75. The number of benzene rings is 2. The van der Waals surface area contributed by atoms with Gasteiger partial charge in [-0.05, 0) is 24.3 Å². The number of nitrogens with one attached hydrogen (secondary N) is 3. The van der Waals surface area contributed by atoms with Crippen LogP contribution in [0.5, 0.6) is 0 Å². The highest BCUT2D eigenvalue weighted by Crippen LogP contribution is 2.08. The predicted octanol–water partition coefficient (Wildman–Crippen LogP) is 0.262. The van der Waals surface area contributed by atoms with Crippen LogP contribution in [0.1, 0.15) is 5.56 Å². The van der Waals surface area contributed by atoms with Crippen LogP contribution >= 0.6 is 11.6 Å². The lowest BCUT2D eigenvalue weighted by Gasteiger charge is -2.29. The van der Waals surface area contributed by atoms with Crippen LogP contribution in [0.4, 0.5) is 5.69 Å². The molecule has 1 aliphatic rings. The van der Waals surface area contributed by atoms with Crippen molar-refractivity contribution in [1.29, 1.82) is 0 Å². The lowest BCUT2D eigenvalue weighted by Crippen LogP contribution is -3.28. The zero-order chi connectivity index (χ0) is 16.8. The van der Waals surface area contributed by atoms with Crippen molar-refractivity contribution in [3.8, 4) is 0 Å². The summed E-state index contributed by atoms with van der Waals surface area (Å²) in [5.74, 6) is 0.0948. The lowest BCUT2D eigenvalue weighted by atomic mass is 10.2. The molecule has 2 aromatic rings. The second-order valence-corrected chi connectivity index (χ2v) is 6.83. The summed E-state index contributed by atoms with van der Waals surface area (Å²) in [5.41, 5.74) is 2.19. The van der Waals surface area contributed by atoms with Gasteiger partial charge < -0.3 is 15.1 Å². The minimum Gasteiger partial charge on any atom is -0.322 e. The minimum atomic E-state index is 0.0948. The Kier molecular flexibility index (Phi) is 5.86. The van der Waals surface area contributed by atoms with Crippen molar-refractivity contribution in [3.63, 3.8) is 0 Å². The molecule has 2 aromatic carbocycles. The number of carbonyl (C=O) groups is 1. The summed E-state index contributed by atoms with van der Waals surface area (Å²) in [5, 5.41) is 3.75. The smallest absolute Gasteiger partial charge is 0.279 e. The van der Waals surface area contributed by atoms with Gasteiger partial charge in [0.1, 0.15) is 32.7 Å². The third-order valence-electron chi connectivity index (χ3n) is 4.50. The van der Waals surface area contributed by atoms with Gasteiger partial charge in [0.05, 0.1) is 0 Å². The minimum absolute atomic E-state index is 0.0948. The fraction of sp³-hybridized carbons (Fsp3) is 0.316. The van der Waals surface area contributed by atoms with Gasteiger partial charge in [0.2, 0.25) is 0 Å². The summed E-state index contributed by atoms with van der Waals surface area (Å²) in [4.78, 5) is 15.1. The maximum atomic E-state index is 12.1. The summed E-state index contributed by atoms with van der Waals surface area (Å²) in [7, 11) is 0. The molecule has 5 heteroatoms. The second-order valence-electron chi connectivity index (χ2n) is 6.39. The highest BCUT2D eigenvalue weighted by Gasteiger charge is 2.24. The molecule has 0 saturated carbocycles.